The molecule has 6 nitrogen and oxygen atoms in total. The molecule has 4 rings (SSSR count). The predicted octanol–water partition coefficient (Wildman–Crippen LogP) is 4.37. The molecule has 0 aliphatic carbocycles. The maximum atomic E-state index is 12.3. The monoisotopic (exact) mass is 406 g/mol. The van der Waals surface area contributed by atoms with Gasteiger partial charge in [0.05, 0.1) is 16.1 Å². The molecule has 3 aromatic carbocycles. The molecule has 0 saturated carbocycles. The Hall–Kier alpha value is -3.64. The van der Waals surface area contributed by atoms with Crippen molar-refractivity contribution in [3.8, 4) is 11.5 Å². The first kappa shape index (κ1) is 18.7. The minimum atomic E-state index is -0.473. The number of anilines is 1. The SMILES string of the molecule is O=C(CN1C(=O)c2ccccc2C1=O)Nc1ccc(Oc2ccccc2Cl)cc1. The first-order valence-electron chi connectivity index (χ1n) is 8.80. The van der Waals surface area contributed by atoms with Gasteiger partial charge in [-0.3, -0.25) is 19.3 Å². The highest BCUT2D eigenvalue weighted by Gasteiger charge is 2.36. The van der Waals surface area contributed by atoms with Gasteiger partial charge in [0, 0.05) is 5.69 Å². The van der Waals surface area contributed by atoms with Crippen LogP contribution in [0, 0.1) is 0 Å². The smallest absolute Gasteiger partial charge is 0.262 e. The Morgan fingerprint density at radius 1 is 0.862 bits per heavy atom. The molecule has 29 heavy (non-hydrogen) atoms. The molecule has 1 heterocycles. The number of nitrogens with one attached hydrogen (secondary N) is 1. The third-order valence-corrected chi connectivity index (χ3v) is 4.69. The number of ether oxygens (including phenoxy) is 1. The van der Waals surface area contributed by atoms with E-state index in [4.69, 9.17) is 16.3 Å². The molecule has 0 aromatic heterocycles. The number of rotatable bonds is 5. The summed E-state index contributed by atoms with van der Waals surface area (Å²) in [4.78, 5) is 37.9. The number of amides is 3. The molecule has 0 fully saturated rings. The maximum Gasteiger partial charge on any atom is 0.262 e. The number of hydrogen-bond acceptors (Lipinski definition) is 4. The normalized spacial score (nSPS) is 12.7. The standard InChI is InChI=1S/C22H15ClN2O4/c23-18-7-3-4-8-19(18)29-15-11-9-14(10-12-15)24-20(26)13-25-21(27)16-5-1-2-6-17(16)22(25)28/h1-12H,13H2,(H,24,26). The van der Waals surface area contributed by atoms with Crippen LogP contribution >= 0.6 is 11.6 Å². The molecule has 1 aliphatic rings. The molecule has 0 atom stereocenters. The summed E-state index contributed by atoms with van der Waals surface area (Å²) >= 11 is 6.07. The molecule has 1 aliphatic heterocycles. The van der Waals surface area contributed by atoms with Gasteiger partial charge in [0.1, 0.15) is 18.0 Å². The average molecular weight is 407 g/mol. The molecular formula is C22H15ClN2O4. The van der Waals surface area contributed by atoms with Crippen molar-refractivity contribution < 1.29 is 19.1 Å². The lowest BCUT2D eigenvalue weighted by Gasteiger charge is -2.14. The Morgan fingerprint density at radius 2 is 1.45 bits per heavy atom. The summed E-state index contributed by atoms with van der Waals surface area (Å²) in [6.45, 7) is -0.357. The number of halogens is 1. The Labute approximate surface area is 171 Å². The summed E-state index contributed by atoms with van der Waals surface area (Å²) in [5, 5.41) is 3.16. The van der Waals surface area contributed by atoms with Crippen molar-refractivity contribution in [2.45, 2.75) is 0 Å². The lowest BCUT2D eigenvalue weighted by Crippen LogP contribution is -2.37. The highest BCUT2D eigenvalue weighted by Crippen LogP contribution is 2.29. The van der Waals surface area contributed by atoms with E-state index >= 15 is 0 Å². The van der Waals surface area contributed by atoms with Crippen LogP contribution in [0.25, 0.3) is 0 Å². The van der Waals surface area contributed by atoms with Crippen LogP contribution in [0.5, 0.6) is 11.5 Å². The van der Waals surface area contributed by atoms with E-state index in [1.807, 2.05) is 12.1 Å². The number of carbonyl (C=O) groups is 3. The van der Waals surface area contributed by atoms with Gasteiger partial charge >= 0.3 is 0 Å². The Kier molecular flexibility index (Phi) is 5.01. The lowest BCUT2D eigenvalue weighted by molar-refractivity contribution is -0.116. The van der Waals surface area contributed by atoms with Gasteiger partial charge in [0.15, 0.2) is 0 Å². The van der Waals surface area contributed by atoms with E-state index in [1.54, 1.807) is 60.7 Å². The molecule has 7 heteroatoms. The zero-order valence-electron chi connectivity index (χ0n) is 15.1. The number of nitrogens with zero attached hydrogens (tertiary/aromatic N) is 1. The molecular weight excluding hydrogens is 392 g/mol. The zero-order chi connectivity index (χ0) is 20.4. The fraction of sp³-hybridized carbons (Fsp3) is 0.0455. The molecule has 0 saturated heterocycles. The molecule has 3 aromatic rings. The second-order valence-corrected chi connectivity index (χ2v) is 6.75. The first-order chi connectivity index (χ1) is 14.0. The minimum absolute atomic E-state index is 0.311. The second-order valence-electron chi connectivity index (χ2n) is 6.35. The van der Waals surface area contributed by atoms with Crippen molar-refractivity contribution in [3.05, 3.63) is 88.9 Å². The fourth-order valence-corrected chi connectivity index (χ4v) is 3.16. The van der Waals surface area contributed by atoms with E-state index in [0.29, 0.717) is 33.3 Å². The van der Waals surface area contributed by atoms with Gasteiger partial charge in [0.2, 0.25) is 5.91 Å². The molecule has 1 N–H and O–H groups in total. The Bertz CT molecular complexity index is 1080. The van der Waals surface area contributed by atoms with Crippen molar-refractivity contribution in [2.24, 2.45) is 0 Å². The number of para-hydroxylation sites is 1. The first-order valence-corrected chi connectivity index (χ1v) is 9.18. The molecule has 0 unspecified atom stereocenters. The van der Waals surface area contributed by atoms with Gasteiger partial charge in [-0.05, 0) is 48.5 Å². The summed E-state index contributed by atoms with van der Waals surface area (Å²) in [6.07, 6.45) is 0. The highest BCUT2D eigenvalue weighted by molar-refractivity contribution is 6.32. The van der Waals surface area contributed by atoms with E-state index in [2.05, 4.69) is 5.32 Å². The van der Waals surface area contributed by atoms with Crippen molar-refractivity contribution >= 4 is 35.0 Å². The molecule has 0 spiro atoms. The van der Waals surface area contributed by atoms with E-state index in [-0.39, 0.29) is 6.54 Å². The van der Waals surface area contributed by atoms with Crippen molar-refractivity contribution in [1.82, 2.24) is 4.90 Å². The van der Waals surface area contributed by atoms with Gasteiger partial charge in [-0.1, -0.05) is 35.9 Å². The van der Waals surface area contributed by atoms with Crippen LogP contribution in [-0.2, 0) is 4.79 Å². The van der Waals surface area contributed by atoms with Crippen LogP contribution in [0.1, 0.15) is 20.7 Å². The van der Waals surface area contributed by atoms with Gasteiger partial charge < -0.3 is 10.1 Å². The van der Waals surface area contributed by atoms with Crippen LogP contribution < -0.4 is 10.1 Å². The molecule has 0 bridgehead atoms. The third kappa shape index (κ3) is 3.83. The van der Waals surface area contributed by atoms with E-state index in [9.17, 15) is 14.4 Å². The van der Waals surface area contributed by atoms with Gasteiger partial charge in [-0.25, -0.2) is 0 Å². The number of carbonyl (C=O) groups excluding carboxylic acids is 3. The Morgan fingerprint density at radius 3 is 2.07 bits per heavy atom. The average Bonchev–Trinajstić information content (AvgIpc) is 2.96. The Balaban J connectivity index is 1.39. The zero-order valence-corrected chi connectivity index (χ0v) is 15.8. The van der Waals surface area contributed by atoms with Crippen molar-refractivity contribution in [1.29, 1.82) is 0 Å². The summed E-state index contributed by atoms with van der Waals surface area (Å²) in [5.74, 6) is -0.333. The van der Waals surface area contributed by atoms with E-state index in [0.717, 1.165) is 4.90 Å². The van der Waals surface area contributed by atoms with Gasteiger partial charge in [0.25, 0.3) is 11.8 Å². The topological polar surface area (TPSA) is 75.7 Å². The van der Waals surface area contributed by atoms with Crippen molar-refractivity contribution in [2.75, 3.05) is 11.9 Å². The highest BCUT2D eigenvalue weighted by atomic mass is 35.5. The van der Waals surface area contributed by atoms with Crippen LogP contribution in [-0.4, -0.2) is 29.2 Å². The molecule has 0 radical (unpaired) electrons. The van der Waals surface area contributed by atoms with E-state index < -0.39 is 17.7 Å². The van der Waals surface area contributed by atoms with E-state index in [1.165, 1.54) is 0 Å². The fourth-order valence-electron chi connectivity index (χ4n) is 2.99. The van der Waals surface area contributed by atoms with Crippen LogP contribution in [0.15, 0.2) is 72.8 Å². The lowest BCUT2D eigenvalue weighted by atomic mass is 10.1. The number of hydrogen-bond donors (Lipinski definition) is 1. The largest absolute Gasteiger partial charge is 0.456 e. The van der Waals surface area contributed by atoms with Gasteiger partial charge in [-0.15, -0.1) is 0 Å². The number of fused-ring (bicyclic) bond motifs is 1. The van der Waals surface area contributed by atoms with Crippen LogP contribution in [0.3, 0.4) is 0 Å². The van der Waals surface area contributed by atoms with Crippen LogP contribution in [0.4, 0.5) is 5.69 Å². The summed E-state index contributed by atoms with van der Waals surface area (Å²) in [7, 11) is 0. The number of imide groups is 1. The summed E-state index contributed by atoms with van der Waals surface area (Å²) in [5.41, 5.74) is 1.14. The summed E-state index contributed by atoms with van der Waals surface area (Å²) in [6, 6.07) is 20.3. The van der Waals surface area contributed by atoms with Crippen LogP contribution in [0.2, 0.25) is 5.02 Å². The second kappa shape index (κ2) is 7.77. The number of benzene rings is 3. The summed E-state index contributed by atoms with van der Waals surface area (Å²) < 4.78 is 5.70. The molecule has 144 valence electrons. The maximum absolute atomic E-state index is 12.3. The third-order valence-electron chi connectivity index (χ3n) is 4.38. The molecule has 3 amide bonds. The minimum Gasteiger partial charge on any atom is -0.456 e. The quantitative estimate of drug-likeness (QED) is 0.638. The predicted molar refractivity (Wildman–Crippen MR) is 108 cm³/mol. The van der Waals surface area contributed by atoms with Crippen molar-refractivity contribution in [3.63, 3.8) is 0 Å². The van der Waals surface area contributed by atoms with Gasteiger partial charge in [-0.2, -0.15) is 0 Å².